The van der Waals surface area contributed by atoms with E-state index in [2.05, 4.69) is 31.2 Å². The maximum Gasteiger partial charge on any atom is 0.339 e. The number of nitrogens with one attached hydrogen (secondary N) is 1. The number of carbonyl (C=O) groups is 1. The van der Waals surface area contributed by atoms with Crippen molar-refractivity contribution in [1.29, 1.82) is 0 Å². The molecule has 0 aliphatic heterocycles. The molecule has 0 aliphatic rings. The van der Waals surface area contributed by atoms with Crippen LogP contribution in [0, 0.1) is 0 Å². The lowest BCUT2D eigenvalue weighted by Crippen LogP contribution is -2.11. The van der Waals surface area contributed by atoms with Crippen molar-refractivity contribution in [2.45, 2.75) is 6.61 Å². The molecule has 0 fully saturated rings. The molecule has 1 heterocycles. The molecule has 0 bridgehead atoms. The van der Waals surface area contributed by atoms with Crippen molar-refractivity contribution in [3.05, 3.63) is 46.2 Å². The fraction of sp³-hybridized carbons (Fsp3) is 0.154. The van der Waals surface area contributed by atoms with Crippen LogP contribution in [0.1, 0.15) is 16.1 Å². The molecule has 0 unspecified atom stereocenters. The van der Waals surface area contributed by atoms with E-state index < -0.39 is 5.97 Å². The van der Waals surface area contributed by atoms with Crippen molar-refractivity contribution in [3.8, 4) is 5.75 Å². The molecule has 7 heteroatoms. The number of hydrogen-bond acceptors (Lipinski definition) is 5. The first-order valence-electron chi connectivity index (χ1n) is 5.75. The lowest BCUT2D eigenvalue weighted by molar-refractivity contribution is 0.0692. The quantitative estimate of drug-likeness (QED) is 0.872. The molecule has 0 aliphatic carbocycles. The highest BCUT2D eigenvalue weighted by molar-refractivity contribution is 9.10. The van der Waals surface area contributed by atoms with Crippen LogP contribution in [0.4, 0.5) is 5.95 Å². The number of halogens is 1. The van der Waals surface area contributed by atoms with Gasteiger partial charge in [-0.1, -0.05) is 15.9 Å². The van der Waals surface area contributed by atoms with E-state index in [9.17, 15) is 4.79 Å². The Kier molecular flexibility index (Phi) is 4.52. The summed E-state index contributed by atoms with van der Waals surface area (Å²) in [6, 6.07) is 7.24. The molecule has 0 atom stereocenters. The first kappa shape index (κ1) is 14.3. The second-order valence-electron chi connectivity index (χ2n) is 3.85. The maximum atomic E-state index is 11.1. The van der Waals surface area contributed by atoms with Crippen LogP contribution in [-0.2, 0) is 6.61 Å². The minimum absolute atomic E-state index is 0.0288. The molecule has 6 nitrogen and oxygen atoms in total. The Morgan fingerprint density at radius 1 is 1.40 bits per heavy atom. The van der Waals surface area contributed by atoms with Gasteiger partial charge in [0.15, 0.2) is 0 Å². The van der Waals surface area contributed by atoms with Gasteiger partial charge < -0.3 is 15.2 Å². The van der Waals surface area contributed by atoms with Crippen molar-refractivity contribution < 1.29 is 14.6 Å². The monoisotopic (exact) mass is 337 g/mol. The summed E-state index contributed by atoms with van der Waals surface area (Å²) < 4.78 is 6.48. The number of carboxylic acids is 1. The van der Waals surface area contributed by atoms with Crippen LogP contribution in [0.5, 0.6) is 5.75 Å². The molecule has 1 aromatic carbocycles. The molecule has 0 amide bonds. The van der Waals surface area contributed by atoms with E-state index in [1.165, 1.54) is 6.20 Å². The maximum absolute atomic E-state index is 11.1. The topological polar surface area (TPSA) is 84.3 Å². The lowest BCUT2D eigenvalue weighted by atomic mass is 10.2. The predicted octanol–water partition coefficient (Wildman–Crippen LogP) is 2.56. The number of aromatic carboxylic acids is 1. The fourth-order valence-electron chi connectivity index (χ4n) is 1.51. The first-order chi connectivity index (χ1) is 9.60. The summed E-state index contributed by atoms with van der Waals surface area (Å²) in [4.78, 5) is 19.1. The van der Waals surface area contributed by atoms with Gasteiger partial charge in [0.2, 0.25) is 5.95 Å². The molecule has 0 spiro atoms. The molecule has 0 radical (unpaired) electrons. The predicted molar refractivity (Wildman–Crippen MR) is 77.0 cm³/mol. The van der Waals surface area contributed by atoms with Crippen molar-refractivity contribution in [3.63, 3.8) is 0 Å². The molecule has 20 heavy (non-hydrogen) atoms. The molecule has 1 aromatic heterocycles. The third kappa shape index (κ3) is 3.45. The minimum Gasteiger partial charge on any atom is -0.487 e. The highest BCUT2D eigenvalue weighted by atomic mass is 79.9. The van der Waals surface area contributed by atoms with Gasteiger partial charge in [-0.15, -0.1) is 0 Å². The summed E-state index contributed by atoms with van der Waals surface area (Å²) in [7, 11) is 1.66. The number of benzene rings is 1. The third-order valence-corrected chi connectivity index (χ3v) is 3.04. The molecule has 0 saturated carbocycles. The van der Waals surface area contributed by atoms with Crippen molar-refractivity contribution in [1.82, 2.24) is 9.97 Å². The van der Waals surface area contributed by atoms with Crippen LogP contribution in [0.3, 0.4) is 0 Å². The minimum atomic E-state index is -1.08. The SMILES string of the molecule is CNc1ncc(C(=O)O)c(COc2ccc(Br)cc2)n1. The van der Waals surface area contributed by atoms with Crippen LogP contribution >= 0.6 is 15.9 Å². The van der Waals surface area contributed by atoms with Gasteiger partial charge in [0.1, 0.15) is 17.9 Å². The molecule has 104 valence electrons. The Balaban J connectivity index is 2.18. The standard InChI is InChI=1S/C13H12BrN3O3/c1-15-13-16-6-10(12(18)19)11(17-13)7-20-9-4-2-8(14)3-5-9/h2-6H,7H2,1H3,(H,18,19)(H,15,16,17). The highest BCUT2D eigenvalue weighted by Gasteiger charge is 2.14. The van der Waals surface area contributed by atoms with Crippen molar-refractivity contribution in [2.24, 2.45) is 0 Å². The largest absolute Gasteiger partial charge is 0.487 e. The summed E-state index contributed by atoms with van der Waals surface area (Å²) in [6.45, 7) is 0.0560. The van der Waals surface area contributed by atoms with Crippen LogP contribution in [0.15, 0.2) is 34.9 Å². The Morgan fingerprint density at radius 3 is 2.70 bits per heavy atom. The molecule has 0 saturated heterocycles. The Morgan fingerprint density at radius 2 is 2.10 bits per heavy atom. The molecule has 2 rings (SSSR count). The zero-order chi connectivity index (χ0) is 14.5. The first-order valence-corrected chi connectivity index (χ1v) is 6.55. The smallest absolute Gasteiger partial charge is 0.339 e. The Bertz CT molecular complexity index is 617. The van der Waals surface area contributed by atoms with E-state index in [1.807, 2.05) is 12.1 Å². The summed E-state index contributed by atoms with van der Waals surface area (Å²) >= 11 is 3.33. The van der Waals surface area contributed by atoms with Gasteiger partial charge >= 0.3 is 5.97 Å². The van der Waals surface area contributed by atoms with Crippen LogP contribution in [0.2, 0.25) is 0 Å². The van der Waals surface area contributed by atoms with Gasteiger partial charge in [-0.3, -0.25) is 0 Å². The number of hydrogen-bond donors (Lipinski definition) is 2. The third-order valence-electron chi connectivity index (χ3n) is 2.51. The normalized spacial score (nSPS) is 10.1. The zero-order valence-corrected chi connectivity index (χ0v) is 12.2. The van der Waals surface area contributed by atoms with Crippen LogP contribution in [-0.4, -0.2) is 28.1 Å². The molecule has 2 N–H and O–H groups in total. The summed E-state index contributed by atoms with van der Waals surface area (Å²) in [5, 5.41) is 11.9. The van der Waals surface area contributed by atoms with Gasteiger partial charge in [0.25, 0.3) is 0 Å². The fourth-order valence-corrected chi connectivity index (χ4v) is 1.77. The van der Waals surface area contributed by atoms with Gasteiger partial charge in [-0.25, -0.2) is 14.8 Å². The molecular weight excluding hydrogens is 326 g/mol. The zero-order valence-electron chi connectivity index (χ0n) is 10.6. The van der Waals surface area contributed by atoms with E-state index in [1.54, 1.807) is 19.2 Å². The lowest BCUT2D eigenvalue weighted by Gasteiger charge is -2.09. The van der Waals surface area contributed by atoms with E-state index in [-0.39, 0.29) is 12.2 Å². The average Bonchev–Trinajstić information content (AvgIpc) is 2.46. The van der Waals surface area contributed by atoms with Gasteiger partial charge in [-0.05, 0) is 24.3 Å². The van der Waals surface area contributed by atoms with Crippen LogP contribution in [0.25, 0.3) is 0 Å². The number of rotatable bonds is 5. The van der Waals surface area contributed by atoms with E-state index in [0.29, 0.717) is 17.4 Å². The van der Waals surface area contributed by atoms with Crippen LogP contribution < -0.4 is 10.1 Å². The summed E-state index contributed by atoms with van der Waals surface area (Å²) in [5.74, 6) is -0.0966. The van der Waals surface area contributed by atoms with Crippen molar-refractivity contribution >= 4 is 27.8 Å². The van der Waals surface area contributed by atoms with Gasteiger partial charge in [0.05, 0.1) is 5.69 Å². The van der Waals surface area contributed by atoms with Crippen molar-refractivity contribution in [2.75, 3.05) is 12.4 Å². The van der Waals surface area contributed by atoms with Gasteiger partial charge in [0, 0.05) is 17.7 Å². The number of ether oxygens (including phenoxy) is 1. The number of nitrogens with zero attached hydrogens (tertiary/aromatic N) is 2. The summed E-state index contributed by atoms with van der Waals surface area (Å²) in [5.41, 5.74) is 0.348. The number of anilines is 1. The second-order valence-corrected chi connectivity index (χ2v) is 4.77. The highest BCUT2D eigenvalue weighted by Crippen LogP contribution is 2.18. The second kappa shape index (κ2) is 6.33. The van der Waals surface area contributed by atoms with E-state index in [4.69, 9.17) is 9.84 Å². The van der Waals surface area contributed by atoms with E-state index >= 15 is 0 Å². The molecule has 2 aromatic rings. The average molecular weight is 338 g/mol. The van der Waals surface area contributed by atoms with E-state index in [0.717, 1.165) is 4.47 Å². The van der Waals surface area contributed by atoms with Gasteiger partial charge in [-0.2, -0.15) is 0 Å². The summed E-state index contributed by atoms with van der Waals surface area (Å²) in [6.07, 6.45) is 1.27. The number of carboxylic acid groups (broad SMARTS) is 1. The Labute approximate surface area is 124 Å². The number of aromatic nitrogens is 2. The molecular formula is C13H12BrN3O3. The Hall–Kier alpha value is -2.15.